The third-order valence-electron chi connectivity index (χ3n) is 3.31. The standard InChI is InChI=1S/C16H24N4O5S/c1-5-11(4)20-26(24,25)13-8-6-12(7-9-13)14(21)18-19-16(23)15(22)17-10(2)3/h6-11,20H,5H2,1-4H3,(H,17,22)(H,18,21)(H,19,23)/t11-/m0/s1. The second kappa shape index (κ2) is 9.30. The van der Waals surface area contributed by atoms with Gasteiger partial charge < -0.3 is 5.32 Å². The molecule has 1 aromatic rings. The molecule has 1 aromatic carbocycles. The van der Waals surface area contributed by atoms with Crippen molar-refractivity contribution in [2.75, 3.05) is 0 Å². The molecular weight excluding hydrogens is 360 g/mol. The summed E-state index contributed by atoms with van der Waals surface area (Å²) >= 11 is 0. The lowest BCUT2D eigenvalue weighted by atomic mass is 10.2. The van der Waals surface area contributed by atoms with Crippen molar-refractivity contribution in [2.45, 2.75) is 51.1 Å². The van der Waals surface area contributed by atoms with Crippen LogP contribution in [0.15, 0.2) is 29.2 Å². The van der Waals surface area contributed by atoms with Crippen LogP contribution >= 0.6 is 0 Å². The molecule has 0 aliphatic heterocycles. The van der Waals surface area contributed by atoms with E-state index in [0.29, 0.717) is 6.42 Å². The van der Waals surface area contributed by atoms with Crippen LogP contribution in [0.2, 0.25) is 0 Å². The van der Waals surface area contributed by atoms with Crippen molar-refractivity contribution in [3.05, 3.63) is 29.8 Å². The Morgan fingerprint density at radius 2 is 1.54 bits per heavy atom. The molecule has 0 saturated carbocycles. The van der Waals surface area contributed by atoms with E-state index in [1.807, 2.05) is 12.3 Å². The summed E-state index contributed by atoms with van der Waals surface area (Å²) in [7, 11) is -3.67. The summed E-state index contributed by atoms with van der Waals surface area (Å²) in [5.74, 6) is -2.57. The van der Waals surface area contributed by atoms with E-state index in [9.17, 15) is 22.8 Å². The third-order valence-corrected chi connectivity index (χ3v) is 4.92. The van der Waals surface area contributed by atoms with Crippen LogP contribution in [0.25, 0.3) is 0 Å². The maximum absolute atomic E-state index is 12.1. The number of rotatable bonds is 6. The fourth-order valence-corrected chi connectivity index (χ4v) is 3.10. The first-order valence-corrected chi connectivity index (χ1v) is 9.58. The molecule has 26 heavy (non-hydrogen) atoms. The number of benzene rings is 1. The van der Waals surface area contributed by atoms with Gasteiger partial charge in [-0.15, -0.1) is 0 Å². The number of hydrogen-bond donors (Lipinski definition) is 4. The fraction of sp³-hybridized carbons (Fsp3) is 0.438. The normalized spacial score (nSPS) is 12.3. The molecule has 144 valence electrons. The highest BCUT2D eigenvalue weighted by Gasteiger charge is 2.18. The van der Waals surface area contributed by atoms with E-state index in [4.69, 9.17) is 0 Å². The van der Waals surface area contributed by atoms with Gasteiger partial charge in [-0.1, -0.05) is 6.92 Å². The van der Waals surface area contributed by atoms with Gasteiger partial charge >= 0.3 is 11.8 Å². The van der Waals surface area contributed by atoms with E-state index in [2.05, 4.69) is 15.5 Å². The van der Waals surface area contributed by atoms with Crippen LogP contribution in [-0.4, -0.2) is 38.2 Å². The summed E-state index contributed by atoms with van der Waals surface area (Å²) < 4.78 is 26.8. The van der Waals surface area contributed by atoms with Crippen molar-refractivity contribution in [3.8, 4) is 0 Å². The molecule has 0 aliphatic rings. The average molecular weight is 384 g/mol. The first kappa shape index (κ1) is 21.6. The molecule has 3 amide bonds. The highest BCUT2D eigenvalue weighted by Crippen LogP contribution is 2.11. The zero-order valence-corrected chi connectivity index (χ0v) is 15.9. The van der Waals surface area contributed by atoms with Gasteiger partial charge in [-0.25, -0.2) is 13.1 Å². The van der Waals surface area contributed by atoms with E-state index >= 15 is 0 Å². The Labute approximate surface area is 152 Å². The minimum Gasteiger partial charge on any atom is -0.346 e. The molecule has 0 saturated heterocycles. The fourth-order valence-electron chi connectivity index (χ4n) is 1.77. The van der Waals surface area contributed by atoms with Crippen molar-refractivity contribution in [1.82, 2.24) is 20.9 Å². The number of carbonyl (C=O) groups excluding carboxylic acids is 3. The summed E-state index contributed by atoms with van der Waals surface area (Å²) in [6, 6.07) is 4.75. The van der Waals surface area contributed by atoms with E-state index in [1.54, 1.807) is 20.8 Å². The summed E-state index contributed by atoms with van der Waals surface area (Å²) in [5.41, 5.74) is 4.19. The quantitative estimate of drug-likeness (QED) is 0.406. The first-order chi connectivity index (χ1) is 12.1. The van der Waals surface area contributed by atoms with Gasteiger partial charge in [-0.05, 0) is 51.5 Å². The summed E-state index contributed by atoms with van der Waals surface area (Å²) in [6.45, 7) is 6.98. The minimum absolute atomic E-state index is 0.0229. The third kappa shape index (κ3) is 6.45. The van der Waals surface area contributed by atoms with E-state index in [0.717, 1.165) is 0 Å². The molecule has 0 fully saturated rings. The second-order valence-corrected chi connectivity index (χ2v) is 7.71. The van der Waals surface area contributed by atoms with Gasteiger partial charge in [0.25, 0.3) is 5.91 Å². The van der Waals surface area contributed by atoms with Crippen LogP contribution < -0.4 is 20.9 Å². The number of hydrazine groups is 1. The van der Waals surface area contributed by atoms with Crippen LogP contribution in [0.5, 0.6) is 0 Å². The molecule has 10 heteroatoms. The smallest absolute Gasteiger partial charge is 0.327 e. The van der Waals surface area contributed by atoms with E-state index in [1.165, 1.54) is 24.3 Å². The largest absolute Gasteiger partial charge is 0.346 e. The van der Waals surface area contributed by atoms with Crippen molar-refractivity contribution in [1.29, 1.82) is 0 Å². The van der Waals surface area contributed by atoms with Crippen molar-refractivity contribution in [3.63, 3.8) is 0 Å². The van der Waals surface area contributed by atoms with Crippen LogP contribution in [0, 0.1) is 0 Å². The van der Waals surface area contributed by atoms with Crippen molar-refractivity contribution in [2.24, 2.45) is 0 Å². The van der Waals surface area contributed by atoms with Crippen LogP contribution in [0.4, 0.5) is 0 Å². The molecule has 0 spiro atoms. The van der Waals surface area contributed by atoms with Gasteiger partial charge in [0.1, 0.15) is 0 Å². The summed E-state index contributed by atoms with van der Waals surface area (Å²) in [6.07, 6.45) is 0.643. The summed E-state index contributed by atoms with van der Waals surface area (Å²) in [5, 5.41) is 2.37. The number of sulfonamides is 1. The lowest BCUT2D eigenvalue weighted by molar-refractivity contribution is -0.139. The Balaban J connectivity index is 2.69. The lowest BCUT2D eigenvalue weighted by Crippen LogP contribution is -2.49. The van der Waals surface area contributed by atoms with Gasteiger partial charge in [0.05, 0.1) is 4.90 Å². The zero-order valence-electron chi connectivity index (χ0n) is 15.1. The van der Waals surface area contributed by atoms with Gasteiger partial charge in [-0.3, -0.25) is 25.2 Å². The molecule has 0 radical (unpaired) electrons. The molecule has 0 bridgehead atoms. The first-order valence-electron chi connectivity index (χ1n) is 8.10. The second-order valence-electron chi connectivity index (χ2n) is 5.99. The SMILES string of the molecule is CC[C@H](C)NS(=O)(=O)c1ccc(C(=O)NNC(=O)C(=O)NC(C)C)cc1. The Morgan fingerprint density at radius 1 is 0.962 bits per heavy atom. The molecular formula is C16H24N4O5S. The van der Waals surface area contributed by atoms with E-state index < -0.39 is 27.7 Å². The van der Waals surface area contributed by atoms with Gasteiger partial charge in [0, 0.05) is 17.6 Å². The van der Waals surface area contributed by atoms with Crippen molar-refractivity contribution < 1.29 is 22.8 Å². The Kier molecular flexibility index (Phi) is 7.72. The molecule has 9 nitrogen and oxygen atoms in total. The molecule has 1 rings (SSSR count). The minimum atomic E-state index is -3.67. The number of hydrogen-bond acceptors (Lipinski definition) is 5. The highest BCUT2D eigenvalue weighted by atomic mass is 32.2. The number of carbonyl (C=O) groups is 3. The Morgan fingerprint density at radius 3 is 2.04 bits per heavy atom. The zero-order chi connectivity index (χ0) is 19.9. The van der Waals surface area contributed by atoms with Crippen LogP contribution in [0.3, 0.4) is 0 Å². The number of amides is 3. The topological polar surface area (TPSA) is 133 Å². The van der Waals surface area contributed by atoms with Crippen LogP contribution in [-0.2, 0) is 19.6 Å². The molecule has 0 heterocycles. The van der Waals surface area contributed by atoms with Gasteiger partial charge in [-0.2, -0.15) is 0 Å². The van der Waals surface area contributed by atoms with Crippen molar-refractivity contribution >= 4 is 27.7 Å². The average Bonchev–Trinajstić information content (AvgIpc) is 2.58. The Bertz CT molecular complexity index is 759. The molecule has 0 aliphatic carbocycles. The van der Waals surface area contributed by atoms with Crippen LogP contribution in [0.1, 0.15) is 44.5 Å². The monoisotopic (exact) mass is 384 g/mol. The molecule has 0 aromatic heterocycles. The van der Waals surface area contributed by atoms with Gasteiger partial charge in [0.15, 0.2) is 0 Å². The van der Waals surface area contributed by atoms with E-state index in [-0.39, 0.29) is 22.5 Å². The maximum atomic E-state index is 12.1. The predicted molar refractivity (Wildman–Crippen MR) is 95.4 cm³/mol. The Hall–Kier alpha value is -2.46. The molecule has 0 unspecified atom stereocenters. The molecule has 4 N–H and O–H groups in total. The predicted octanol–water partition coefficient (Wildman–Crippen LogP) is 0.0490. The highest BCUT2D eigenvalue weighted by molar-refractivity contribution is 7.89. The number of nitrogens with one attached hydrogen (secondary N) is 4. The maximum Gasteiger partial charge on any atom is 0.327 e. The lowest BCUT2D eigenvalue weighted by Gasteiger charge is -2.12. The van der Waals surface area contributed by atoms with Gasteiger partial charge in [0.2, 0.25) is 10.0 Å². The summed E-state index contributed by atoms with van der Waals surface area (Å²) in [4.78, 5) is 34.9. The molecule has 1 atom stereocenters.